The Morgan fingerprint density at radius 3 is 2.50 bits per heavy atom. The van der Waals surface area contributed by atoms with Gasteiger partial charge in [0.1, 0.15) is 0 Å². The Morgan fingerprint density at radius 2 is 1.78 bits per heavy atom. The molecule has 1 saturated heterocycles. The number of aryl methyl sites for hydroxylation is 3. The molecule has 1 aromatic carbocycles. The van der Waals surface area contributed by atoms with Gasteiger partial charge in [-0.25, -0.2) is 4.98 Å². The van der Waals surface area contributed by atoms with Crippen molar-refractivity contribution in [1.82, 2.24) is 14.9 Å². The summed E-state index contributed by atoms with van der Waals surface area (Å²) in [6, 6.07) is 4.43. The van der Waals surface area contributed by atoms with Crippen molar-refractivity contribution in [2.45, 2.75) is 13.8 Å². The highest BCUT2D eigenvalue weighted by molar-refractivity contribution is 5.80. The number of anilines is 1. The first kappa shape index (κ1) is 11.5. The van der Waals surface area contributed by atoms with Crippen molar-refractivity contribution in [3.63, 3.8) is 0 Å². The molecule has 0 amide bonds. The minimum Gasteiger partial charge on any atom is -0.340 e. The fourth-order valence-corrected chi connectivity index (χ4v) is 2.58. The standard InChI is InChI=1S/C14H20N4/c1-10-8-12-13(9-11(10)2)17(3)14(16-12)18-6-4-15-5-7-18/h8-9,15H,4-7H2,1-3H3. The van der Waals surface area contributed by atoms with Crippen molar-refractivity contribution in [1.29, 1.82) is 0 Å². The number of benzene rings is 1. The lowest BCUT2D eigenvalue weighted by atomic mass is 10.1. The maximum Gasteiger partial charge on any atom is 0.206 e. The molecule has 96 valence electrons. The van der Waals surface area contributed by atoms with Gasteiger partial charge in [0.25, 0.3) is 0 Å². The highest BCUT2D eigenvalue weighted by Crippen LogP contribution is 2.24. The average Bonchev–Trinajstić information content (AvgIpc) is 2.69. The first-order chi connectivity index (χ1) is 8.66. The Labute approximate surface area is 108 Å². The average molecular weight is 244 g/mol. The van der Waals surface area contributed by atoms with Crippen LogP contribution in [0.1, 0.15) is 11.1 Å². The molecular weight excluding hydrogens is 224 g/mol. The van der Waals surface area contributed by atoms with E-state index in [1.165, 1.54) is 16.6 Å². The van der Waals surface area contributed by atoms with Crippen LogP contribution in [0.3, 0.4) is 0 Å². The SMILES string of the molecule is Cc1cc2nc(N3CCNCC3)n(C)c2cc1C. The van der Waals surface area contributed by atoms with Crippen LogP contribution in [0.15, 0.2) is 12.1 Å². The Hall–Kier alpha value is -1.55. The zero-order chi connectivity index (χ0) is 12.7. The van der Waals surface area contributed by atoms with Gasteiger partial charge >= 0.3 is 0 Å². The molecule has 0 unspecified atom stereocenters. The maximum atomic E-state index is 4.80. The number of nitrogens with one attached hydrogen (secondary N) is 1. The summed E-state index contributed by atoms with van der Waals surface area (Å²) in [5.74, 6) is 1.09. The lowest BCUT2D eigenvalue weighted by Gasteiger charge is -2.28. The van der Waals surface area contributed by atoms with Crippen LogP contribution in [0.4, 0.5) is 5.95 Å². The topological polar surface area (TPSA) is 33.1 Å². The summed E-state index contributed by atoms with van der Waals surface area (Å²) in [5.41, 5.74) is 4.98. The van der Waals surface area contributed by atoms with E-state index >= 15 is 0 Å². The minimum absolute atomic E-state index is 1.04. The molecule has 1 aliphatic rings. The van der Waals surface area contributed by atoms with Crippen LogP contribution >= 0.6 is 0 Å². The molecule has 1 N–H and O–H groups in total. The van der Waals surface area contributed by atoms with Gasteiger partial charge in [0.15, 0.2) is 0 Å². The van der Waals surface area contributed by atoms with Crippen molar-refractivity contribution in [3.05, 3.63) is 23.3 Å². The Balaban J connectivity index is 2.10. The molecule has 2 heterocycles. The first-order valence-electron chi connectivity index (χ1n) is 6.56. The van der Waals surface area contributed by atoms with E-state index < -0.39 is 0 Å². The van der Waals surface area contributed by atoms with E-state index in [9.17, 15) is 0 Å². The van der Waals surface area contributed by atoms with E-state index in [2.05, 4.69) is 47.8 Å². The van der Waals surface area contributed by atoms with E-state index in [1.807, 2.05) is 0 Å². The Morgan fingerprint density at radius 1 is 1.11 bits per heavy atom. The zero-order valence-electron chi connectivity index (χ0n) is 11.3. The van der Waals surface area contributed by atoms with Crippen LogP contribution < -0.4 is 10.2 Å². The molecule has 0 aliphatic carbocycles. The van der Waals surface area contributed by atoms with E-state index in [4.69, 9.17) is 4.98 Å². The van der Waals surface area contributed by atoms with E-state index in [1.54, 1.807) is 0 Å². The van der Waals surface area contributed by atoms with Crippen LogP contribution in [0.5, 0.6) is 0 Å². The Kier molecular flexibility index (Phi) is 2.74. The quantitative estimate of drug-likeness (QED) is 0.827. The third-order valence-electron chi connectivity index (χ3n) is 3.87. The molecular formula is C14H20N4. The minimum atomic E-state index is 1.04. The molecule has 4 nitrogen and oxygen atoms in total. The lowest BCUT2D eigenvalue weighted by molar-refractivity contribution is 0.575. The third kappa shape index (κ3) is 1.77. The van der Waals surface area contributed by atoms with Gasteiger partial charge in [0.2, 0.25) is 5.95 Å². The molecule has 0 atom stereocenters. The molecule has 18 heavy (non-hydrogen) atoms. The maximum absolute atomic E-state index is 4.80. The van der Waals surface area contributed by atoms with Gasteiger partial charge in [-0.1, -0.05) is 0 Å². The summed E-state index contributed by atoms with van der Waals surface area (Å²) in [6.45, 7) is 8.47. The van der Waals surface area contributed by atoms with Crippen LogP contribution in [-0.4, -0.2) is 35.7 Å². The van der Waals surface area contributed by atoms with E-state index in [-0.39, 0.29) is 0 Å². The van der Waals surface area contributed by atoms with Crippen LogP contribution in [0.2, 0.25) is 0 Å². The molecule has 3 rings (SSSR count). The summed E-state index contributed by atoms with van der Waals surface area (Å²) >= 11 is 0. The van der Waals surface area contributed by atoms with Gasteiger partial charge in [-0.3, -0.25) is 0 Å². The predicted molar refractivity (Wildman–Crippen MR) is 75.3 cm³/mol. The van der Waals surface area contributed by atoms with Gasteiger partial charge in [-0.2, -0.15) is 0 Å². The summed E-state index contributed by atoms with van der Waals surface area (Å²) in [7, 11) is 2.11. The number of imidazole rings is 1. The summed E-state index contributed by atoms with van der Waals surface area (Å²) in [6.07, 6.45) is 0. The number of aromatic nitrogens is 2. The molecule has 0 radical (unpaired) electrons. The highest BCUT2D eigenvalue weighted by atomic mass is 15.3. The second kappa shape index (κ2) is 4.28. The fraction of sp³-hybridized carbons (Fsp3) is 0.500. The molecule has 1 fully saturated rings. The van der Waals surface area contributed by atoms with Gasteiger partial charge in [0, 0.05) is 33.2 Å². The largest absolute Gasteiger partial charge is 0.340 e. The number of fused-ring (bicyclic) bond motifs is 1. The predicted octanol–water partition coefficient (Wildman–Crippen LogP) is 1.60. The second-order valence-electron chi connectivity index (χ2n) is 5.13. The van der Waals surface area contributed by atoms with Crippen LogP contribution in [0.25, 0.3) is 11.0 Å². The molecule has 0 spiro atoms. The monoisotopic (exact) mass is 244 g/mol. The number of hydrogen-bond acceptors (Lipinski definition) is 3. The first-order valence-corrected chi connectivity index (χ1v) is 6.56. The zero-order valence-corrected chi connectivity index (χ0v) is 11.3. The molecule has 2 aromatic rings. The summed E-state index contributed by atoms with van der Waals surface area (Å²) in [5, 5.41) is 3.38. The molecule has 0 saturated carbocycles. The molecule has 1 aromatic heterocycles. The smallest absolute Gasteiger partial charge is 0.206 e. The molecule has 4 heteroatoms. The summed E-state index contributed by atoms with van der Waals surface area (Å²) < 4.78 is 2.22. The van der Waals surface area contributed by atoms with Crippen molar-refractivity contribution < 1.29 is 0 Å². The number of hydrogen-bond donors (Lipinski definition) is 1. The van der Waals surface area contributed by atoms with Crippen molar-refractivity contribution in [2.24, 2.45) is 7.05 Å². The number of piperazine rings is 1. The number of nitrogens with zero attached hydrogens (tertiary/aromatic N) is 3. The van der Waals surface area contributed by atoms with Gasteiger partial charge in [0.05, 0.1) is 11.0 Å². The van der Waals surface area contributed by atoms with Gasteiger partial charge < -0.3 is 14.8 Å². The normalized spacial score (nSPS) is 16.5. The van der Waals surface area contributed by atoms with Crippen molar-refractivity contribution in [2.75, 3.05) is 31.1 Å². The third-order valence-corrected chi connectivity index (χ3v) is 3.87. The van der Waals surface area contributed by atoms with E-state index in [0.29, 0.717) is 0 Å². The second-order valence-corrected chi connectivity index (χ2v) is 5.13. The van der Waals surface area contributed by atoms with Crippen LogP contribution in [0, 0.1) is 13.8 Å². The lowest BCUT2D eigenvalue weighted by Crippen LogP contribution is -2.44. The summed E-state index contributed by atoms with van der Waals surface area (Å²) in [4.78, 5) is 7.16. The van der Waals surface area contributed by atoms with E-state index in [0.717, 1.165) is 37.6 Å². The molecule has 0 bridgehead atoms. The Bertz CT molecular complexity index is 579. The van der Waals surface area contributed by atoms with Gasteiger partial charge in [-0.05, 0) is 37.1 Å². The van der Waals surface area contributed by atoms with Crippen molar-refractivity contribution in [3.8, 4) is 0 Å². The molecule has 1 aliphatic heterocycles. The number of rotatable bonds is 1. The fourth-order valence-electron chi connectivity index (χ4n) is 2.58. The highest BCUT2D eigenvalue weighted by Gasteiger charge is 2.17. The van der Waals surface area contributed by atoms with Gasteiger partial charge in [-0.15, -0.1) is 0 Å². The van der Waals surface area contributed by atoms with Crippen molar-refractivity contribution >= 4 is 17.0 Å². The van der Waals surface area contributed by atoms with Crippen LogP contribution in [-0.2, 0) is 7.05 Å².